The normalized spacial score (nSPS) is 11.9. The SMILES string of the molecule is CCOc1ccc(C(CNC(=O)c2cccnc2N(C)C)N(C)C)cc1. The van der Waals surface area contributed by atoms with E-state index < -0.39 is 0 Å². The van der Waals surface area contributed by atoms with Gasteiger partial charge in [0.2, 0.25) is 0 Å². The lowest BCUT2D eigenvalue weighted by Crippen LogP contribution is -2.35. The van der Waals surface area contributed by atoms with Gasteiger partial charge < -0.3 is 19.9 Å². The van der Waals surface area contributed by atoms with Crippen molar-refractivity contribution in [2.75, 3.05) is 46.2 Å². The summed E-state index contributed by atoms with van der Waals surface area (Å²) in [6, 6.07) is 11.6. The highest BCUT2D eigenvalue weighted by molar-refractivity contribution is 5.98. The quantitative estimate of drug-likeness (QED) is 0.788. The molecular weight excluding hydrogens is 328 g/mol. The van der Waals surface area contributed by atoms with Crippen molar-refractivity contribution in [2.24, 2.45) is 0 Å². The summed E-state index contributed by atoms with van der Waals surface area (Å²) in [7, 11) is 7.76. The van der Waals surface area contributed by atoms with E-state index >= 15 is 0 Å². The Morgan fingerprint density at radius 2 is 1.85 bits per heavy atom. The summed E-state index contributed by atoms with van der Waals surface area (Å²) < 4.78 is 5.50. The molecule has 0 radical (unpaired) electrons. The van der Waals surface area contributed by atoms with Crippen LogP contribution in [0.25, 0.3) is 0 Å². The zero-order valence-corrected chi connectivity index (χ0v) is 16.2. The molecule has 0 spiro atoms. The Hall–Kier alpha value is -2.60. The maximum absolute atomic E-state index is 12.7. The van der Waals surface area contributed by atoms with Crippen LogP contribution in [-0.4, -0.2) is 57.1 Å². The van der Waals surface area contributed by atoms with Gasteiger partial charge in [0.15, 0.2) is 0 Å². The molecule has 140 valence electrons. The molecule has 1 unspecified atom stereocenters. The van der Waals surface area contributed by atoms with Crippen molar-refractivity contribution in [2.45, 2.75) is 13.0 Å². The number of carbonyl (C=O) groups is 1. The standard InChI is InChI=1S/C20H28N4O2/c1-6-26-16-11-9-15(10-12-16)18(23(2)3)14-22-20(25)17-8-7-13-21-19(17)24(4)5/h7-13,18H,6,14H2,1-5H3,(H,22,25). The molecule has 2 aromatic rings. The number of anilines is 1. The third-order valence-corrected chi connectivity index (χ3v) is 4.11. The predicted octanol–water partition coefficient (Wildman–Crippen LogP) is 2.58. The van der Waals surface area contributed by atoms with Crippen LogP contribution in [0.15, 0.2) is 42.6 Å². The van der Waals surface area contributed by atoms with Gasteiger partial charge in [0.25, 0.3) is 5.91 Å². The topological polar surface area (TPSA) is 57.7 Å². The highest BCUT2D eigenvalue weighted by Crippen LogP contribution is 2.21. The lowest BCUT2D eigenvalue weighted by atomic mass is 10.1. The molecule has 0 aliphatic heterocycles. The van der Waals surface area contributed by atoms with Gasteiger partial charge in [0.1, 0.15) is 11.6 Å². The van der Waals surface area contributed by atoms with E-state index in [1.807, 2.05) is 64.3 Å². The molecule has 6 heteroatoms. The molecule has 2 rings (SSSR count). The molecule has 1 amide bonds. The second kappa shape index (κ2) is 9.20. The van der Waals surface area contributed by atoms with Gasteiger partial charge in [-0.3, -0.25) is 4.79 Å². The van der Waals surface area contributed by atoms with E-state index in [4.69, 9.17) is 4.74 Å². The van der Waals surface area contributed by atoms with Gasteiger partial charge in [-0.05, 0) is 50.8 Å². The maximum Gasteiger partial charge on any atom is 0.255 e. The monoisotopic (exact) mass is 356 g/mol. The molecule has 1 heterocycles. The molecule has 1 aromatic carbocycles. The number of aromatic nitrogens is 1. The molecule has 0 saturated heterocycles. The Labute approximate surface area is 155 Å². The van der Waals surface area contributed by atoms with Crippen molar-refractivity contribution in [3.8, 4) is 5.75 Å². The van der Waals surface area contributed by atoms with Crippen LogP contribution in [0.5, 0.6) is 5.75 Å². The Kier molecular flexibility index (Phi) is 6.97. The minimum Gasteiger partial charge on any atom is -0.494 e. The molecule has 0 aliphatic carbocycles. The first kappa shape index (κ1) is 19.7. The van der Waals surface area contributed by atoms with Crippen LogP contribution in [0, 0.1) is 0 Å². The third kappa shape index (κ3) is 4.95. The number of pyridine rings is 1. The predicted molar refractivity (Wildman–Crippen MR) is 105 cm³/mol. The molecule has 1 N–H and O–H groups in total. The first-order chi connectivity index (χ1) is 12.4. The number of ether oxygens (including phenoxy) is 1. The van der Waals surface area contributed by atoms with Gasteiger partial charge >= 0.3 is 0 Å². The number of amides is 1. The van der Waals surface area contributed by atoms with E-state index in [1.165, 1.54) is 0 Å². The number of benzene rings is 1. The van der Waals surface area contributed by atoms with Crippen molar-refractivity contribution in [3.63, 3.8) is 0 Å². The zero-order chi connectivity index (χ0) is 19.1. The smallest absolute Gasteiger partial charge is 0.255 e. The fourth-order valence-corrected chi connectivity index (χ4v) is 2.77. The molecule has 0 saturated carbocycles. The second-order valence-electron chi connectivity index (χ2n) is 6.46. The van der Waals surface area contributed by atoms with Crippen LogP contribution in [0.4, 0.5) is 5.82 Å². The number of nitrogens with one attached hydrogen (secondary N) is 1. The van der Waals surface area contributed by atoms with E-state index in [9.17, 15) is 4.79 Å². The average molecular weight is 356 g/mol. The molecule has 0 bridgehead atoms. The van der Waals surface area contributed by atoms with E-state index in [1.54, 1.807) is 18.3 Å². The highest BCUT2D eigenvalue weighted by Gasteiger charge is 2.18. The number of hydrogen-bond acceptors (Lipinski definition) is 5. The molecular formula is C20H28N4O2. The fraction of sp³-hybridized carbons (Fsp3) is 0.400. The Balaban J connectivity index is 2.10. The van der Waals surface area contributed by atoms with Gasteiger partial charge in [-0.25, -0.2) is 4.98 Å². The minimum absolute atomic E-state index is 0.0640. The fourth-order valence-electron chi connectivity index (χ4n) is 2.77. The summed E-state index contributed by atoms with van der Waals surface area (Å²) in [6.45, 7) is 3.11. The van der Waals surface area contributed by atoms with Crippen LogP contribution >= 0.6 is 0 Å². The first-order valence-electron chi connectivity index (χ1n) is 8.73. The second-order valence-corrected chi connectivity index (χ2v) is 6.46. The van der Waals surface area contributed by atoms with E-state index in [2.05, 4.69) is 15.2 Å². The zero-order valence-electron chi connectivity index (χ0n) is 16.2. The lowest BCUT2D eigenvalue weighted by molar-refractivity contribution is 0.0942. The van der Waals surface area contributed by atoms with Gasteiger partial charge in [-0.2, -0.15) is 0 Å². The van der Waals surface area contributed by atoms with Crippen molar-refractivity contribution in [1.82, 2.24) is 15.2 Å². The number of hydrogen-bond donors (Lipinski definition) is 1. The average Bonchev–Trinajstić information content (AvgIpc) is 2.63. The third-order valence-electron chi connectivity index (χ3n) is 4.11. The molecule has 0 fully saturated rings. The van der Waals surface area contributed by atoms with Gasteiger partial charge in [0.05, 0.1) is 18.2 Å². The molecule has 0 aliphatic rings. The van der Waals surface area contributed by atoms with Crippen molar-refractivity contribution in [3.05, 3.63) is 53.7 Å². The van der Waals surface area contributed by atoms with Crippen LogP contribution in [0.1, 0.15) is 28.9 Å². The summed E-state index contributed by atoms with van der Waals surface area (Å²) in [5.74, 6) is 1.39. The summed E-state index contributed by atoms with van der Waals surface area (Å²) in [4.78, 5) is 20.9. The summed E-state index contributed by atoms with van der Waals surface area (Å²) in [5.41, 5.74) is 1.69. The summed E-state index contributed by atoms with van der Waals surface area (Å²) >= 11 is 0. The summed E-state index contributed by atoms with van der Waals surface area (Å²) in [5, 5.41) is 3.04. The molecule has 1 aromatic heterocycles. The first-order valence-corrected chi connectivity index (χ1v) is 8.73. The summed E-state index contributed by atoms with van der Waals surface area (Å²) in [6.07, 6.45) is 1.69. The minimum atomic E-state index is -0.125. The van der Waals surface area contributed by atoms with Crippen LogP contribution < -0.4 is 15.0 Å². The number of carbonyl (C=O) groups excluding carboxylic acids is 1. The number of nitrogens with zero attached hydrogens (tertiary/aromatic N) is 3. The van der Waals surface area contributed by atoms with Crippen LogP contribution in [0.2, 0.25) is 0 Å². The van der Waals surface area contributed by atoms with Crippen LogP contribution in [-0.2, 0) is 0 Å². The van der Waals surface area contributed by atoms with Crippen LogP contribution in [0.3, 0.4) is 0 Å². The van der Waals surface area contributed by atoms with Gasteiger partial charge in [-0.15, -0.1) is 0 Å². The maximum atomic E-state index is 12.7. The molecule has 6 nitrogen and oxygen atoms in total. The Bertz CT molecular complexity index is 714. The number of rotatable bonds is 8. The Morgan fingerprint density at radius 1 is 1.15 bits per heavy atom. The van der Waals surface area contributed by atoms with Crippen molar-refractivity contribution < 1.29 is 9.53 Å². The molecule has 26 heavy (non-hydrogen) atoms. The number of likely N-dealkylation sites (N-methyl/N-ethyl adjacent to an activating group) is 1. The lowest BCUT2D eigenvalue weighted by Gasteiger charge is -2.25. The highest BCUT2D eigenvalue weighted by atomic mass is 16.5. The van der Waals surface area contributed by atoms with Crippen molar-refractivity contribution in [1.29, 1.82) is 0 Å². The van der Waals surface area contributed by atoms with E-state index in [0.29, 0.717) is 24.5 Å². The van der Waals surface area contributed by atoms with Gasteiger partial charge in [-0.1, -0.05) is 12.1 Å². The van der Waals surface area contributed by atoms with E-state index in [0.717, 1.165) is 11.3 Å². The molecule has 1 atom stereocenters. The van der Waals surface area contributed by atoms with Gasteiger partial charge in [0, 0.05) is 26.8 Å². The van der Waals surface area contributed by atoms with E-state index in [-0.39, 0.29) is 11.9 Å². The van der Waals surface area contributed by atoms with Crippen molar-refractivity contribution >= 4 is 11.7 Å². The Morgan fingerprint density at radius 3 is 2.42 bits per heavy atom. The largest absolute Gasteiger partial charge is 0.494 e.